The van der Waals surface area contributed by atoms with Crippen LogP contribution in [0.3, 0.4) is 0 Å². The summed E-state index contributed by atoms with van der Waals surface area (Å²) < 4.78 is 0. The Morgan fingerprint density at radius 3 is 2.89 bits per heavy atom. The maximum atomic E-state index is 11.5. The number of nitrogen functional groups attached to an aromatic ring is 1. The molecule has 0 atom stereocenters. The molecule has 1 aromatic rings. The Morgan fingerprint density at radius 1 is 1.56 bits per heavy atom. The predicted molar refractivity (Wildman–Crippen MR) is 74.6 cm³/mol. The zero-order chi connectivity index (χ0) is 13.5. The number of nitrogens with two attached hydrogens (primary N) is 1. The molecule has 5 nitrogen and oxygen atoms in total. The van der Waals surface area contributed by atoms with E-state index in [1.54, 1.807) is 6.07 Å². The van der Waals surface area contributed by atoms with E-state index >= 15 is 0 Å². The number of hydrogen-bond donors (Lipinski definition) is 3. The molecule has 6 heteroatoms. The van der Waals surface area contributed by atoms with E-state index in [-0.39, 0.29) is 5.91 Å². The normalized spacial score (nSPS) is 10.4. The zero-order valence-corrected chi connectivity index (χ0v) is 11.4. The Morgan fingerprint density at radius 2 is 2.28 bits per heavy atom. The summed E-state index contributed by atoms with van der Waals surface area (Å²) in [6, 6.07) is 1.62. The molecular formula is C12H19ClN4O. The van der Waals surface area contributed by atoms with Gasteiger partial charge in [0, 0.05) is 19.5 Å². The van der Waals surface area contributed by atoms with E-state index in [9.17, 15) is 4.79 Å². The Hall–Kier alpha value is -1.49. The van der Waals surface area contributed by atoms with Crippen LogP contribution >= 0.6 is 11.6 Å². The second-order valence-corrected chi connectivity index (χ2v) is 4.88. The average molecular weight is 271 g/mol. The lowest BCUT2D eigenvalue weighted by Gasteiger charge is -2.09. The summed E-state index contributed by atoms with van der Waals surface area (Å²) in [5, 5.41) is 6.30. The minimum Gasteiger partial charge on any atom is -0.397 e. The van der Waals surface area contributed by atoms with Crippen LogP contribution in [0.15, 0.2) is 12.3 Å². The molecule has 1 rings (SSSR count). The number of rotatable bonds is 6. The molecule has 0 unspecified atom stereocenters. The summed E-state index contributed by atoms with van der Waals surface area (Å²) in [5.74, 6) is 1.01. The van der Waals surface area contributed by atoms with Crippen molar-refractivity contribution in [3.63, 3.8) is 0 Å². The van der Waals surface area contributed by atoms with Crippen LogP contribution in [0.4, 0.5) is 11.5 Å². The highest BCUT2D eigenvalue weighted by Crippen LogP contribution is 2.20. The van der Waals surface area contributed by atoms with E-state index in [2.05, 4.69) is 29.5 Å². The van der Waals surface area contributed by atoms with Crippen LogP contribution in [0.1, 0.15) is 20.3 Å². The largest absolute Gasteiger partial charge is 0.397 e. The minimum atomic E-state index is 0.0165. The number of nitrogens with zero attached hydrogens (tertiary/aromatic N) is 1. The molecule has 0 aromatic carbocycles. The molecule has 1 amide bonds. The Bertz CT molecular complexity index is 409. The van der Waals surface area contributed by atoms with E-state index in [0.717, 1.165) is 0 Å². The first-order valence-electron chi connectivity index (χ1n) is 5.90. The molecule has 0 radical (unpaired) electrons. The van der Waals surface area contributed by atoms with Crippen molar-refractivity contribution in [2.24, 2.45) is 5.92 Å². The van der Waals surface area contributed by atoms with E-state index in [1.807, 2.05) is 0 Å². The number of carbonyl (C=O) groups excluding carboxylic acids is 1. The lowest BCUT2D eigenvalue weighted by Crippen LogP contribution is -2.28. The van der Waals surface area contributed by atoms with Gasteiger partial charge in [0.15, 0.2) is 0 Å². The third-order valence-electron chi connectivity index (χ3n) is 2.21. The summed E-state index contributed by atoms with van der Waals surface area (Å²) in [5.41, 5.74) is 6.05. The number of pyridine rings is 1. The fourth-order valence-corrected chi connectivity index (χ4v) is 1.53. The average Bonchev–Trinajstić information content (AvgIpc) is 2.29. The maximum Gasteiger partial charge on any atom is 0.221 e. The third-order valence-corrected chi connectivity index (χ3v) is 2.50. The van der Waals surface area contributed by atoms with Crippen molar-refractivity contribution in [3.05, 3.63) is 17.3 Å². The van der Waals surface area contributed by atoms with E-state index in [1.165, 1.54) is 6.20 Å². The molecule has 0 spiro atoms. The molecule has 0 bridgehead atoms. The summed E-state index contributed by atoms with van der Waals surface area (Å²) in [6.45, 7) is 5.29. The SMILES string of the molecule is CC(C)CNC(=O)CCNc1ncc(N)cc1Cl. The van der Waals surface area contributed by atoms with Crippen LogP contribution in [0, 0.1) is 5.92 Å². The smallest absolute Gasteiger partial charge is 0.221 e. The van der Waals surface area contributed by atoms with Crippen molar-refractivity contribution in [3.8, 4) is 0 Å². The van der Waals surface area contributed by atoms with Crippen LogP contribution in [0.2, 0.25) is 5.02 Å². The van der Waals surface area contributed by atoms with Crippen LogP contribution in [0.5, 0.6) is 0 Å². The molecular weight excluding hydrogens is 252 g/mol. The van der Waals surface area contributed by atoms with Gasteiger partial charge in [0.1, 0.15) is 5.82 Å². The Labute approximate surface area is 112 Å². The Kier molecular flexibility index (Phi) is 5.71. The second kappa shape index (κ2) is 7.06. The summed E-state index contributed by atoms with van der Waals surface area (Å²) in [4.78, 5) is 15.5. The monoisotopic (exact) mass is 270 g/mol. The molecule has 0 saturated carbocycles. The number of hydrogen-bond acceptors (Lipinski definition) is 4. The minimum absolute atomic E-state index is 0.0165. The van der Waals surface area contributed by atoms with Gasteiger partial charge in [0.25, 0.3) is 0 Å². The molecule has 0 aliphatic carbocycles. The van der Waals surface area contributed by atoms with E-state index < -0.39 is 0 Å². The molecule has 0 fully saturated rings. The number of halogens is 1. The maximum absolute atomic E-state index is 11.5. The number of amides is 1. The van der Waals surface area contributed by atoms with Crippen molar-refractivity contribution in [1.82, 2.24) is 10.3 Å². The van der Waals surface area contributed by atoms with Crippen molar-refractivity contribution in [1.29, 1.82) is 0 Å². The van der Waals surface area contributed by atoms with E-state index in [0.29, 0.717) is 42.0 Å². The highest BCUT2D eigenvalue weighted by molar-refractivity contribution is 6.33. The van der Waals surface area contributed by atoms with Crippen LogP contribution in [-0.4, -0.2) is 24.0 Å². The highest BCUT2D eigenvalue weighted by atomic mass is 35.5. The van der Waals surface area contributed by atoms with E-state index in [4.69, 9.17) is 17.3 Å². The number of anilines is 2. The highest BCUT2D eigenvalue weighted by Gasteiger charge is 2.04. The van der Waals surface area contributed by atoms with Gasteiger partial charge in [-0.15, -0.1) is 0 Å². The molecule has 100 valence electrons. The van der Waals surface area contributed by atoms with Crippen LogP contribution < -0.4 is 16.4 Å². The Balaban J connectivity index is 2.31. The molecule has 1 heterocycles. The van der Waals surface area contributed by atoms with Gasteiger partial charge in [-0.05, 0) is 12.0 Å². The molecule has 0 aliphatic rings. The third kappa shape index (κ3) is 5.23. The van der Waals surface area contributed by atoms with Crippen molar-refractivity contribution < 1.29 is 4.79 Å². The standard InChI is InChI=1S/C12H19ClN4O/c1-8(2)6-16-11(18)3-4-15-12-10(13)5-9(14)7-17-12/h5,7-8H,3-4,6,14H2,1-2H3,(H,15,17)(H,16,18). The molecule has 0 saturated heterocycles. The summed E-state index contributed by atoms with van der Waals surface area (Å²) in [6.07, 6.45) is 1.90. The van der Waals surface area contributed by atoms with Crippen molar-refractivity contribution in [2.75, 3.05) is 24.1 Å². The van der Waals surface area contributed by atoms with Gasteiger partial charge in [0.05, 0.1) is 16.9 Å². The van der Waals surface area contributed by atoms with Gasteiger partial charge in [-0.1, -0.05) is 25.4 Å². The van der Waals surface area contributed by atoms with Crippen molar-refractivity contribution >= 4 is 29.0 Å². The molecule has 1 aromatic heterocycles. The topological polar surface area (TPSA) is 80.0 Å². The van der Waals surface area contributed by atoms with Gasteiger partial charge in [0.2, 0.25) is 5.91 Å². The first-order valence-corrected chi connectivity index (χ1v) is 6.28. The molecule has 4 N–H and O–H groups in total. The molecule has 0 aliphatic heterocycles. The van der Waals surface area contributed by atoms with Crippen LogP contribution in [-0.2, 0) is 4.79 Å². The quantitative estimate of drug-likeness (QED) is 0.737. The van der Waals surface area contributed by atoms with Gasteiger partial charge < -0.3 is 16.4 Å². The lowest BCUT2D eigenvalue weighted by molar-refractivity contribution is -0.120. The van der Waals surface area contributed by atoms with Crippen LogP contribution in [0.25, 0.3) is 0 Å². The van der Waals surface area contributed by atoms with Gasteiger partial charge in [-0.2, -0.15) is 0 Å². The predicted octanol–water partition coefficient (Wildman–Crippen LogP) is 1.89. The first-order chi connectivity index (χ1) is 8.49. The second-order valence-electron chi connectivity index (χ2n) is 4.47. The van der Waals surface area contributed by atoms with Gasteiger partial charge >= 0.3 is 0 Å². The van der Waals surface area contributed by atoms with Crippen molar-refractivity contribution in [2.45, 2.75) is 20.3 Å². The lowest BCUT2D eigenvalue weighted by atomic mass is 10.2. The fourth-order valence-electron chi connectivity index (χ4n) is 1.28. The van der Waals surface area contributed by atoms with Gasteiger partial charge in [-0.25, -0.2) is 4.98 Å². The van der Waals surface area contributed by atoms with Gasteiger partial charge in [-0.3, -0.25) is 4.79 Å². The summed E-state index contributed by atoms with van der Waals surface area (Å²) in [7, 11) is 0. The zero-order valence-electron chi connectivity index (χ0n) is 10.7. The first kappa shape index (κ1) is 14.6. The fraction of sp³-hybridized carbons (Fsp3) is 0.500. The number of aromatic nitrogens is 1. The summed E-state index contributed by atoms with van der Waals surface area (Å²) >= 11 is 5.94. The molecule has 18 heavy (non-hydrogen) atoms. The number of nitrogens with one attached hydrogen (secondary N) is 2. The number of carbonyl (C=O) groups is 1.